The van der Waals surface area contributed by atoms with Crippen LogP contribution in [0, 0.1) is 21.4 Å². The van der Waals surface area contributed by atoms with Crippen molar-refractivity contribution >= 4 is 51.5 Å². The van der Waals surface area contributed by atoms with E-state index in [1.54, 1.807) is 12.1 Å². The van der Waals surface area contributed by atoms with Crippen LogP contribution in [0.25, 0.3) is 16.8 Å². The van der Waals surface area contributed by atoms with E-state index in [1.807, 2.05) is 42.5 Å². The minimum atomic E-state index is -0.730. The maximum Gasteiger partial charge on any atom is 0.280 e. The highest BCUT2D eigenvalue weighted by molar-refractivity contribution is 7.80. The lowest BCUT2D eigenvalue weighted by molar-refractivity contribution is -0.384. The number of carbonyl (C=O) groups is 1. The maximum absolute atomic E-state index is 12.2. The summed E-state index contributed by atoms with van der Waals surface area (Å²) in [5.74, 6) is -0.730. The fourth-order valence-corrected chi connectivity index (χ4v) is 2.82. The molecule has 0 fully saturated rings. The second-order valence-corrected chi connectivity index (χ2v) is 6.53. The van der Waals surface area contributed by atoms with Crippen molar-refractivity contribution in [1.29, 1.82) is 5.26 Å². The fraction of sp³-hybridized carbons (Fsp3) is 0. The van der Waals surface area contributed by atoms with Gasteiger partial charge in [0.25, 0.3) is 11.6 Å². The molecule has 148 valence electrons. The van der Waals surface area contributed by atoms with E-state index < -0.39 is 10.8 Å². The van der Waals surface area contributed by atoms with Crippen LogP contribution in [-0.4, -0.2) is 15.9 Å². The summed E-state index contributed by atoms with van der Waals surface area (Å²) >= 11 is 5.16. The van der Waals surface area contributed by atoms with Crippen LogP contribution in [0.1, 0.15) is 5.56 Å². The zero-order valence-corrected chi connectivity index (χ0v) is 16.3. The number of carbonyl (C=O) groups excluding carboxylic acids is 1. The first-order valence-electron chi connectivity index (χ1n) is 8.68. The number of benzene rings is 3. The van der Waals surface area contributed by atoms with Gasteiger partial charge in [-0.2, -0.15) is 5.26 Å². The van der Waals surface area contributed by atoms with Crippen LogP contribution >= 0.6 is 12.2 Å². The third-order valence-electron chi connectivity index (χ3n) is 4.05. The van der Waals surface area contributed by atoms with Crippen molar-refractivity contribution in [2.24, 2.45) is 0 Å². The van der Waals surface area contributed by atoms with Gasteiger partial charge in [-0.25, -0.2) is 0 Å². The van der Waals surface area contributed by atoms with Crippen molar-refractivity contribution in [3.63, 3.8) is 0 Å². The number of nitrogens with zero attached hydrogens (tertiary/aromatic N) is 2. The highest BCUT2D eigenvalue weighted by Gasteiger charge is 2.11. The topological polar surface area (TPSA) is 120 Å². The van der Waals surface area contributed by atoms with Gasteiger partial charge in [0.1, 0.15) is 11.6 Å². The Morgan fingerprint density at radius 3 is 2.53 bits per heavy atom. The molecule has 30 heavy (non-hydrogen) atoms. The molecule has 3 aromatic rings. The molecule has 0 bridgehead atoms. The quantitative estimate of drug-likeness (QED) is 0.195. The SMILES string of the molecule is N#CC(=Cc1cccc([N+](=O)[O-])c1)C(=O)NNC(=S)Nc1ccc2ccccc2c1. The summed E-state index contributed by atoms with van der Waals surface area (Å²) in [5.41, 5.74) is 5.57. The first-order valence-corrected chi connectivity index (χ1v) is 9.09. The monoisotopic (exact) mass is 417 g/mol. The van der Waals surface area contributed by atoms with Gasteiger partial charge in [0, 0.05) is 17.8 Å². The highest BCUT2D eigenvalue weighted by atomic mass is 32.1. The fourth-order valence-electron chi connectivity index (χ4n) is 2.65. The van der Waals surface area contributed by atoms with E-state index >= 15 is 0 Å². The van der Waals surface area contributed by atoms with Gasteiger partial charge in [0.2, 0.25) is 0 Å². The Labute approximate surface area is 176 Å². The molecule has 3 N–H and O–H groups in total. The van der Waals surface area contributed by atoms with E-state index in [-0.39, 0.29) is 16.4 Å². The molecule has 0 aliphatic carbocycles. The Kier molecular flexibility index (Phi) is 6.32. The summed E-state index contributed by atoms with van der Waals surface area (Å²) in [6.45, 7) is 0. The second-order valence-electron chi connectivity index (χ2n) is 6.12. The number of hydrazine groups is 1. The van der Waals surface area contributed by atoms with Gasteiger partial charge in [-0.15, -0.1) is 0 Å². The van der Waals surface area contributed by atoms with Crippen LogP contribution in [0.2, 0.25) is 0 Å². The van der Waals surface area contributed by atoms with Crippen LogP contribution in [0.3, 0.4) is 0 Å². The molecule has 1 amide bonds. The van der Waals surface area contributed by atoms with Gasteiger partial charge in [0.15, 0.2) is 5.11 Å². The van der Waals surface area contributed by atoms with Crippen molar-refractivity contribution in [2.75, 3.05) is 5.32 Å². The number of nitriles is 1. The molecule has 9 heteroatoms. The molecule has 0 saturated heterocycles. The third kappa shape index (κ3) is 5.15. The number of thiocarbonyl (C=S) groups is 1. The van der Waals surface area contributed by atoms with Crippen LogP contribution in [-0.2, 0) is 4.79 Å². The third-order valence-corrected chi connectivity index (χ3v) is 4.26. The first-order chi connectivity index (χ1) is 14.5. The molecule has 8 nitrogen and oxygen atoms in total. The Morgan fingerprint density at radius 2 is 1.80 bits per heavy atom. The molecule has 0 aliphatic heterocycles. The number of non-ortho nitro benzene ring substituents is 1. The van der Waals surface area contributed by atoms with Gasteiger partial charge >= 0.3 is 0 Å². The molecule has 0 atom stereocenters. The maximum atomic E-state index is 12.2. The van der Waals surface area contributed by atoms with Crippen LogP contribution in [0.5, 0.6) is 0 Å². The average molecular weight is 417 g/mol. The summed E-state index contributed by atoms with van der Waals surface area (Å²) in [4.78, 5) is 22.5. The number of rotatable bonds is 4. The van der Waals surface area contributed by atoms with Crippen molar-refractivity contribution in [3.8, 4) is 6.07 Å². The first kappa shape index (κ1) is 20.4. The average Bonchev–Trinajstić information content (AvgIpc) is 2.76. The molecular formula is C21H15N5O3S. The summed E-state index contributed by atoms with van der Waals surface area (Å²) < 4.78 is 0. The summed E-state index contributed by atoms with van der Waals surface area (Å²) in [6.07, 6.45) is 1.25. The van der Waals surface area contributed by atoms with E-state index in [4.69, 9.17) is 12.2 Å². The van der Waals surface area contributed by atoms with Gasteiger partial charge < -0.3 is 5.32 Å². The molecule has 0 unspecified atom stereocenters. The van der Waals surface area contributed by atoms with E-state index in [1.165, 1.54) is 24.3 Å². The number of fused-ring (bicyclic) bond motifs is 1. The smallest absolute Gasteiger partial charge is 0.280 e. The van der Waals surface area contributed by atoms with E-state index in [0.717, 1.165) is 16.5 Å². The summed E-state index contributed by atoms with van der Waals surface area (Å²) in [7, 11) is 0. The molecule has 0 aromatic heterocycles. The largest absolute Gasteiger partial charge is 0.331 e. The summed E-state index contributed by atoms with van der Waals surface area (Å²) in [6, 6.07) is 20.9. The molecule has 0 aliphatic rings. The number of hydrogen-bond donors (Lipinski definition) is 3. The Morgan fingerprint density at radius 1 is 1.03 bits per heavy atom. The standard InChI is InChI=1S/C21H15N5O3S/c22-13-17(10-14-4-3-7-19(11-14)26(28)29)20(27)24-25-21(30)23-18-9-8-15-5-1-2-6-16(15)12-18/h1-12H,(H,24,27)(H2,23,25,30). The lowest BCUT2D eigenvalue weighted by Gasteiger charge is -2.12. The van der Waals surface area contributed by atoms with Crippen molar-refractivity contribution in [3.05, 3.63) is 88.0 Å². The Balaban J connectivity index is 1.62. The number of nitro groups is 1. The number of amides is 1. The van der Waals surface area contributed by atoms with Gasteiger partial charge in [-0.3, -0.25) is 25.8 Å². The zero-order chi connectivity index (χ0) is 21.5. The molecule has 0 radical (unpaired) electrons. The second kappa shape index (κ2) is 9.27. The molecule has 3 rings (SSSR count). The van der Waals surface area contributed by atoms with Crippen LogP contribution in [0.15, 0.2) is 72.3 Å². The lowest BCUT2D eigenvalue weighted by atomic mass is 10.1. The Hall–Kier alpha value is -4.29. The molecule has 3 aromatic carbocycles. The normalized spacial score (nSPS) is 10.7. The van der Waals surface area contributed by atoms with E-state index in [9.17, 15) is 20.2 Å². The minimum Gasteiger partial charge on any atom is -0.331 e. The molecule has 0 saturated carbocycles. The van der Waals surface area contributed by atoms with Crippen molar-refractivity contribution in [1.82, 2.24) is 10.9 Å². The molecule has 0 heterocycles. The molecular weight excluding hydrogens is 402 g/mol. The van der Waals surface area contributed by atoms with E-state index in [0.29, 0.717) is 5.56 Å². The van der Waals surface area contributed by atoms with Gasteiger partial charge in [-0.05, 0) is 46.8 Å². The van der Waals surface area contributed by atoms with Gasteiger partial charge in [0.05, 0.1) is 4.92 Å². The number of anilines is 1. The van der Waals surface area contributed by atoms with Crippen LogP contribution < -0.4 is 16.2 Å². The number of hydrogen-bond acceptors (Lipinski definition) is 5. The summed E-state index contributed by atoms with van der Waals surface area (Å²) in [5, 5.41) is 25.3. The highest BCUT2D eigenvalue weighted by Crippen LogP contribution is 2.19. The lowest BCUT2D eigenvalue weighted by Crippen LogP contribution is -2.44. The predicted molar refractivity (Wildman–Crippen MR) is 118 cm³/mol. The van der Waals surface area contributed by atoms with Crippen LogP contribution in [0.4, 0.5) is 11.4 Å². The van der Waals surface area contributed by atoms with E-state index in [2.05, 4.69) is 16.2 Å². The number of nitro benzene ring substituents is 1. The van der Waals surface area contributed by atoms with Gasteiger partial charge in [-0.1, -0.05) is 42.5 Å². The predicted octanol–water partition coefficient (Wildman–Crippen LogP) is 3.67. The van der Waals surface area contributed by atoms with Crippen molar-refractivity contribution < 1.29 is 9.72 Å². The molecule has 0 spiro atoms. The Bertz CT molecular complexity index is 1220. The zero-order valence-electron chi connectivity index (χ0n) is 15.5. The number of nitrogens with one attached hydrogen (secondary N) is 3. The van der Waals surface area contributed by atoms with Crippen molar-refractivity contribution in [2.45, 2.75) is 0 Å². The minimum absolute atomic E-state index is 0.131.